The first kappa shape index (κ1) is 10.6. The molecular formula is C9H10N8O. The van der Waals surface area contributed by atoms with Gasteiger partial charge in [-0.05, 0) is 0 Å². The molecule has 9 nitrogen and oxygen atoms in total. The lowest BCUT2D eigenvalue weighted by molar-refractivity contribution is 0.364. The molecule has 3 rings (SSSR count). The number of nitrogens with two attached hydrogens (primary N) is 1. The average Bonchev–Trinajstić information content (AvgIpc) is 3.10. The van der Waals surface area contributed by atoms with Gasteiger partial charge in [-0.1, -0.05) is 10.4 Å². The fourth-order valence-electron chi connectivity index (χ4n) is 1.45. The molecule has 0 spiro atoms. The predicted octanol–water partition coefficient (Wildman–Crippen LogP) is -0.442. The quantitative estimate of drug-likeness (QED) is 0.639. The van der Waals surface area contributed by atoms with Crippen LogP contribution in [0.3, 0.4) is 0 Å². The molecule has 18 heavy (non-hydrogen) atoms. The molecule has 0 saturated heterocycles. The Balaban J connectivity index is 1.77. The van der Waals surface area contributed by atoms with Gasteiger partial charge in [-0.25, -0.2) is 9.67 Å². The van der Waals surface area contributed by atoms with Crippen LogP contribution in [0.1, 0.15) is 11.6 Å². The molecule has 3 aromatic rings. The van der Waals surface area contributed by atoms with Crippen LogP contribution in [0.2, 0.25) is 0 Å². The second-order valence-electron chi connectivity index (χ2n) is 3.56. The summed E-state index contributed by atoms with van der Waals surface area (Å²) in [4.78, 5) is 11.1. The number of H-pyrrole nitrogens is 1. The normalized spacial score (nSPS) is 10.9. The molecule has 0 atom stereocenters. The highest BCUT2D eigenvalue weighted by atomic mass is 16.5. The van der Waals surface area contributed by atoms with Crippen LogP contribution >= 0.6 is 0 Å². The van der Waals surface area contributed by atoms with Crippen molar-refractivity contribution < 1.29 is 4.52 Å². The minimum absolute atomic E-state index is 0.348. The van der Waals surface area contributed by atoms with Crippen LogP contribution in [-0.4, -0.2) is 35.1 Å². The van der Waals surface area contributed by atoms with Crippen molar-refractivity contribution in [1.82, 2.24) is 35.1 Å². The molecule has 0 bridgehead atoms. The van der Waals surface area contributed by atoms with E-state index in [1.54, 1.807) is 23.3 Å². The van der Waals surface area contributed by atoms with Crippen LogP contribution in [0.15, 0.2) is 23.1 Å². The van der Waals surface area contributed by atoms with Gasteiger partial charge in [-0.15, -0.1) is 5.10 Å². The Kier molecular flexibility index (Phi) is 2.57. The van der Waals surface area contributed by atoms with Crippen molar-refractivity contribution in [3.63, 3.8) is 0 Å². The summed E-state index contributed by atoms with van der Waals surface area (Å²) in [6, 6.07) is 0. The van der Waals surface area contributed by atoms with E-state index in [2.05, 4.69) is 30.4 Å². The van der Waals surface area contributed by atoms with Gasteiger partial charge in [0, 0.05) is 18.9 Å². The molecule has 0 amide bonds. The van der Waals surface area contributed by atoms with Crippen LogP contribution < -0.4 is 5.73 Å². The number of nitrogens with zero attached hydrogens (tertiary/aromatic N) is 6. The minimum Gasteiger partial charge on any atom is -0.342 e. The van der Waals surface area contributed by atoms with Crippen LogP contribution in [0.5, 0.6) is 0 Å². The first-order valence-electron chi connectivity index (χ1n) is 5.26. The van der Waals surface area contributed by atoms with Crippen LogP contribution in [0.4, 0.5) is 0 Å². The van der Waals surface area contributed by atoms with Crippen molar-refractivity contribution in [2.24, 2.45) is 5.73 Å². The molecule has 0 aliphatic carbocycles. The van der Waals surface area contributed by atoms with E-state index >= 15 is 0 Å². The summed E-state index contributed by atoms with van der Waals surface area (Å²) < 4.78 is 6.68. The lowest BCUT2D eigenvalue weighted by atomic mass is 10.5. The van der Waals surface area contributed by atoms with Gasteiger partial charge in [0.1, 0.15) is 6.54 Å². The van der Waals surface area contributed by atoms with Crippen molar-refractivity contribution in [3.8, 4) is 11.6 Å². The lowest BCUT2D eigenvalue weighted by Crippen LogP contribution is -2.01. The standard InChI is InChI=1S/C9H10N8O/c10-3-6-4-17(16-14-6)5-7-13-9(15-18-7)8-11-1-2-12-8/h1-2,4H,3,5,10H2,(H,11,12). The maximum Gasteiger partial charge on any atom is 0.248 e. The van der Waals surface area contributed by atoms with Crippen molar-refractivity contribution in [3.05, 3.63) is 30.2 Å². The third kappa shape index (κ3) is 1.98. The Hall–Kier alpha value is -2.55. The van der Waals surface area contributed by atoms with Gasteiger partial charge in [0.25, 0.3) is 0 Å². The Labute approximate surface area is 101 Å². The first-order valence-corrected chi connectivity index (χ1v) is 5.26. The summed E-state index contributed by atoms with van der Waals surface area (Å²) in [7, 11) is 0. The molecule has 0 aliphatic heterocycles. The molecule has 0 saturated carbocycles. The van der Waals surface area contributed by atoms with Crippen molar-refractivity contribution >= 4 is 0 Å². The fraction of sp³-hybridized carbons (Fsp3) is 0.222. The SMILES string of the molecule is NCc1cn(Cc2nc(-c3ncc[nH]3)no2)nn1. The molecule has 9 heteroatoms. The molecule has 0 radical (unpaired) electrons. The van der Waals surface area contributed by atoms with E-state index in [1.807, 2.05) is 0 Å². The smallest absolute Gasteiger partial charge is 0.248 e. The van der Waals surface area contributed by atoms with Crippen molar-refractivity contribution in [2.75, 3.05) is 0 Å². The van der Waals surface area contributed by atoms with Gasteiger partial charge in [-0.3, -0.25) is 0 Å². The second-order valence-corrected chi connectivity index (χ2v) is 3.56. The first-order chi connectivity index (χ1) is 8.85. The lowest BCUT2D eigenvalue weighted by Gasteiger charge is -1.91. The summed E-state index contributed by atoms with van der Waals surface area (Å²) in [5.74, 6) is 1.40. The number of nitrogens with one attached hydrogen (secondary N) is 1. The number of rotatable bonds is 4. The molecule has 92 valence electrons. The number of aromatic nitrogens is 7. The molecule has 0 fully saturated rings. The van der Waals surface area contributed by atoms with Gasteiger partial charge in [-0.2, -0.15) is 4.98 Å². The van der Waals surface area contributed by atoms with Crippen LogP contribution in [0, 0.1) is 0 Å². The molecular weight excluding hydrogens is 236 g/mol. The highest BCUT2D eigenvalue weighted by molar-refractivity contribution is 5.40. The Bertz CT molecular complexity index is 625. The maximum absolute atomic E-state index is 5.45. The number of imidazole rings is 1. The molecule has 0 unspecified atom stereocenters. The van der Waals surface area contributed by atoms with Crippen molar-refractivity contribution in [2.45, 2.75) is 13.1 Å². The zero-order valence-corrected chi connectivity index (χ0v) is 9.32. The third-order valence-corrected chi connectivity index (χ3v) is 2.27. The topological polar surface area (TPSA) is 124 Å². The number of aromatic amines is 1. The van der Waals surface area contributed by atoms with E-state index in [-0.39, 0.29) is 0 Å². The minimum atomic E-state index is 0.348. The van der Waals surface area contributed by atoms with E-state index < -0.39 is 0 Å². The zero-order chi connectivity index (χ0) is 12.4. The largest absolute Gasteiger partial charge is 0.342 e. The zero-order valence-electron chi connectivity index (χ0n) is 9.32. The highest BCUT2D eigenvalue weighted by Crippen LogP contribution is 2.10. The summed E-state index contributed by atoms with van der Waals surface area (Å²) >= 11 is 0. The van der Waals surface area contributed by atoms with E-state index in [0.29, 0.717) is 36.3 Å². The molecule has 0 aromatic carbocycles. The van der Waals surface area contributed by atoms with E-state index in [0.717, 1.165) is 0 Å². The highest BCUT2D eigenvalue weighted by Gasteiger charge is 2.11. The molecule has 3 heterocycles. The summed E-state index contributed by atoms with van der Waals surface area (Å²) in [6.45, 7) is 0.697. The maximum atomic E-state index is 5.45. The summed E-state index contributed by atoms with van der Waals surface area (Å²) in [5.41, 5.74) is 6.15. The van der Waals surface area contributed by atoms with E-state index in [1.165, 1.54) is 0 Å². The Morgan fingerprint density at radius 3 is 3.11 bits per heavy atom. The van der Waals surface area contributed by atoms with Crippen LogP contribution in [0.25, 0.3) is 11.6 Å². The summed E-state index contributed by atoms with van der Waals surface area (Å²) in [5, 5.41) is 11.6. The average molecular weight is 246 g/mol. The Morgan fingerprint density at radius 1 is 1.44 bits per heavy atom. The van der Waals surface area contributed by atoms with Gasteiger partial charge >= 0.3 is 0 Å². The predicted molar refractivity (Wildman–Crippen MR) is 58.9 cm³/mol. The van der Waals surface area contributed by atoms with Crippen LogP contribution in [-0.2, 0) is 13.1 Å². The second kappa shape index (κ2) is 4.37. The van der Waals surface area contributed by atoms with Gasteiger partial charge in [0.2, 0.25) is 11.7 Å². The fourth-order valence-corrected chi connectivity index (χ4v) is 1.45. The van der Waals surface area contributed by atoms with Gasteiger partial charge in [0.05, 0.1) is 11.9 Å². The van der Waals surface area contributed by atoms with E-state index in [4.69, 9.17) is 10.3 Å². The van der Waals surface area contributed by atoms with Gasteiger partial charge < -0.3 is 15.2 Å². The van der Waals surface area contributed by atoms with Crippen molar-refractivity contribution in [1.29, 1.82) is 0 Å². The monoisotopic (exact) mass is 246 g/mol. The summed E-state index contributed by atoms with van der Waals surface area (Å²) in [6.07, 6.45) is 5.05. The number of hydrogen-bond donors (Lipinski definition) is 2. The Morgan fingerprint density at radius 2 is 2.39 bits per heavy atom. The van der Waals surface area contributed by atoms with E-state index in [9.17, 15) is 0 Å². The third-order valence-electron chi connectivity index (χ3n) is 2.27. The number of hydrogen-bond acceptors (Lipinski definition) is 7. The molecule has 0 aliphatic rings. The molecule has 3 N–H and O–H groups in total. The molecule has 3 aromatic heterocycles. The van der Waals surface area contributed by atoms with Gasteiger partial charge in [0.15, 0.2) is 5.82 Å².